The van der Waals surface area contributed by atoms with E-state index >= 15 is 0 Å². The lowest BCUT2D eigenvalue weighted by Crippen LogP contribution is -2.25. The number of aromatic nitrogens is 1. The molecule has 122 valence electrons. The zero-order valence-corrected chi connectivity index (χ0v) is 15.7. The number of rotatable bonds is 5. The Balaban J connectivity index is 1.61. The van der Waals surface area contributed by atoms with Crippen molar-refractivity contribution in [1.82, 2.24) is 10.3 Å². The van der Waals surface area contributed by atoms with Gasteiger partial charge in [-0.25, -0.2) is 4.98 Å². The summed E-state index contributed by atoms with van der Waals surface area (Å²) in [6.45, 7) is 2.62. The van der Waals surface area contributed by atoms with Crippen LogP contribution in [0.5, 0.6) is 0 Å². The molecule has 0 aliphatic carbocycles. The van der Waals surface area contributed by atoms with Crippen molar-refractivity contribution in [2.24, 2.45) is 0 Å². The van der Waals surface area contributed by atoms with E-state index in [9.17, 15) is 4.79 Å². The first-order valence-corrected chi connectivity index (χ1v) is 9.30. The van der Waals surface area contributed by atoms with Crippen LogP contribution in [0, 0.1) is 6.92 Å². The molecule has 1 heterocycles. The number of aryl methyl sites for hydroxylation is 1. The minimum atomic E-state index is -0.0539. The Morgan fingerprint density at radius 2 is 1.96 bits per heavy atom. The summed E-state index contributed by atoms with van der Waals surface area (Å²) in [5.74, 6) is -0.0539. The highest BCUT2D eigenvalue weighted by molar-refractivity contribution is 9.10. The van der Waals surface area contributed by atoms with Crippen LogP contribution in [0.15, 0.2) is 59.1 Å². The van der Waals surface area contributed by atoms with Crippen molar-refractivity contribution in [1.29, 1.82) is 0 Å². The number of carbonyl (C=O) groups is 1. The summed E-state index contributed by atoms with van der Waals surface area (Å²) < 4.78 is 0.904. The number of carbonyl (C=O) groups excluding carboxylic acids is 1. The summed E-state index contributed by atoms with van der Waals surface area (Å²) in [5, 5.41) is 4.00. The molecule has 24 heavy (non-hydrogen) atoms. The molecule has 0 aliphatic heterocycles. The standard InChI is InChI=1S/C19H17BrN2OS/c1-13-17(24-19(22-13)14-6-3-2-4-7-14)10-11-21-18(23)15-8-5-9-16(20)12-15/h2-9,12H,10-11H2,1H3,(H,21,23). The fourth-order valence-corrected chi connectivity index (χ4v) is 3.85. The van der Waals surface area contributed by atoms with Crippen LogP contribution in [0.2, 0.25) is 0 Å². The number of amides is 1. The normalized spacial score (nSPS) is 10.6. The van der Waals surface area contributed by atoms with Gasteiger partial charge in [0.2, 0.25) is 0 Å². The molecule has 0 atom stereocenters. The van der Waals surface area contributed by atoms with E-state index in [1.54, 1.807) is 11.3 Å². The summed E-state index contributed by atoms with van der Waals surface area (Å²) in [6, 6.07) is 17.6. The predicted octanol–water partition coefficient (Wildman–Crippen LogP) is 4.85. The summed E-state index contributed by atoms with van der Waals surface area (Å²) >= 11 is 5.08. The molecule has 0 aliphatic rings. The van der Waals surface area contributed by atoms with Gasteiger partial charge in [-0.05, 0) is 25.1 Å². The molecule has 1 amide bonds. The molecule has 3 aromatic rings. The van der Waals surface area contributed by atoms with E-state index < -0.39 is 0 Å². The lowest BCUT2D eigenvalue weighted by atomic mass is 10.2. The molecular weight excluding hydrogens is 384 g/mol. The first-order valence-electron chi connectivity index (χ1n) is 7.69. The van der Waals surface area contributed by atoms with E-state index in [2.05, 4.69) is 38.4 Å². The van der Waals surface area contributed by atoms with Gasteiger partial charge in [-0.1, -0.05) is 52.3 Å². The third kappa shape index (κ3) is 4.10. The highest BCUT2D eigenvalue weighted by Gasteiger charge is 2.10. The summed E-state index contributed by atoms with van der Waals surface area (Å²) in [7, 11) is 0. The maximum Gasteiger partial charge on any atom is 0.251 e. The van der Waals surface area contributed by atoms with Crippen LogP contribution in [0.25, 0.3) is 10.6 Å². The first kappa shape index (κ1) is 16.9. The van der Waals surface area contributed by atoms with Gasteiger partial charge in [0.25, 0.3) is 5.91 Å². The number of nitrogens with one attached hydrogen (secondary N) is 1. The van der Waals surface area contributed by atoms with Crippen LogP contribution in [0.4, 0.5) is 0 Å². The van der Waals surface area contributed by atoms with Crippen LogP contribution >= 0.6 is 27.3 Å². The van der Waals surface area contributed by atoms with E-state index in [0.717, 1.165) is 27.2 Å². The van der Waals surface area contributed by atoms with Gasteiger partial charge in [-0.15, -0.1) is 11.3 Å². The maximum atomic E-state index is 12.2. The van der Waals surface area contributed by atoms with E-state index in [0.29, 0.717) is 12.1 Å². The molecule has 3 nitrogen and oxygen atoms in total. The Morgan fingerprint density at radius 1 is 1.17 bits per heavy atom. The smallest absolute Gasteiger partial charge is 0.251 e. The van der Waals surface area contributed by atoms with E-state index in [1.807, 2.05) is 49.4 Å². The van der Waals surface area contributed by atoms with Gasteiger partial charge >= 0.3 is 0 Å². The minimum absolute atomic E-state index is 0.0539. The molecule has 3 rings (SSSR count). The number of hydrogen-bond donors (Lipinski definition) is 1. The average molecular weight is 401 g/mol. The summed E-state index contributed by atoms with van der Waals surface area (Å²) in [4.78, 5) is 18.0. The fraction of sp³-hybridized carbons (Fsp3) is 0.158. The number of benzene rings is 2. The van der Waals surface area contributed by atoms with Gasteiger partial charge in [-0.2, -0.15) is 0 Å². The van der Waals surface area contributed by atoms with Crippen LogP contribution in [-0.2, 0) is 6.42 Å². The molecule has 0 bridgehead atoms. The minimum Gasteiger partial charge on any atom is -0.352 e. The summed E-state index contributed by atoms with van der Waals surface area (Å²) in [6.07, 6.45) is 0.788. The van der Waals surface area contributed by atoms with Gasteiger partial charge in [0.1, 0.15) is 5.01 Å². The summed E-state index contributed by atoms with van der Waals surface area (Å²) in [5.41, 5.74) is 2.83. The SMILES string of the molecule is Cc1nc(-c2ccccc2)sc1CCNC(=O)c1cccc(Br)c1. The second-order valence-electron chi connectivity index (χ2n) is 5.41. The Labute approximate surface area is 153 Å². The monoisotopic (exact) mass is 400 g/mol. The number of thiazole rings is 1. The molecule has 0 spiro atoms. The molecule has 2 aromatic carbocycles. The second-order valence-corrected chi connectivity index (χ2v) is 7.41. The zero-order chi connectivity index (χ0) is 16.9. The van der Waals surface area contributed by atoms with Crippen LogP contribution in [-0.4, -0.2) is 17.4 Å². The molecular formula is C19H17BrN2OS. The van der Waals surface area contributed by atoms with Crippen LogP contribution in [0.1, 0.15) is 20.9 Å². The molecule has 0 saturated carbocycles. The lowest BCUT2D eigenvalue weighted by molar-refractivity contribution is 0.0954. The van der Waals surface area contributed by atoms with Crippen molar-refractivity contribution >= 4 is 33.2 Å². The number of halogens is 1. The topological polar surface area (TPSA) is 42.0 Å². The van der Waals surface area contributed by atoms with Gasteiger partial charge in [0.15, 0.2) is 0 Å². The highest BCUT2D eigenvalue weighted by atomic mass is 79.9. The van der Waals surface area contributed by atoms with Gasteiger partial charge in [0, 0.05) is 33.4 Å². The maximum absolute atomic E-state index is 12.2. The van der Waals surface area contributed by atoms with E-state index in [4.69, 9.17) is 0 Å². The number of nitrogens with zero attached hydrogens (tertiary/aromatic N) is 1. The Bertz CT molecular complexity index is 846. The Kier molecular flexibility index (Phi) is 5.43. The lowest BCUT2D eigenvalue weighted by Gasteiger charge is -2.05. The van der Waals surface area contributed by atoms with Crippen molar-refractivity contribution in [2.45, 2.75) is 13.3 Å². The predicted molar refractivity (Wildman–Crippen MR) is 102 cm³/mol. The Morgan fingerprint density at radius 3 is 2.71 bits per heavy atom. The van der Waals surface area contributed by atoms with Crippen molar-refractivity contribution in [3.05, 3.63) is 75.2 Å². The average Bonchev–Trinajstić information content (AvgIpc) is 2.96. The van der Waals surface area contributed by atoms with Gasteiger partial charge < -0.3 is 5.32 Å². The van der Waals surface area contributed by atoms with E-state index in [1.165, 1.54) is 4.88 Å². The van der Waals surface area contributed by atoms with Gasteiger partial charge in [0.05, 0.1) is 5.69 Å². The number of hydrogen-bond acceptors (Lipinski definition) is 3. The largest absolute Gasteiger partial charge is 0.352 e. The Hall–Kier alpha value is -1.98. The molecule has 0 unspecified atom stereocenters. The van der Waals surface area contributed by atoms with Gasteiger partial charge in [-0.3, -0.25) is 4.79 Å². The van der Waals surface area contributed by atoms with Crippen molar-refractivity contribution in [3.8, 4) is 10.6 Å². The van der Waals surface area contributed by atoms with Crippen LogP contribution < -0.4 is 5.32 Å². The molecule has 1 aromatic heterocycles. The molecule has 0 fully saturated rings. The first-order chi connectivity index (χ1) is 11.6. The molecule has 5 heteroatoms. The zero-order valence-electron chi connectivity index (χ0n) is 13.3. The third-order valence-corrected chi connectivity index (χ3v) is 5.40. The van der Waals surface area contributed by atoms with E-state index in [-0.39, 0.29) is 5.91 Å². The quantitative estimate of drug-likeness (QED) is 0.664. The van der Waals surface area contributed by atoms with Crippen LogP contribution in [0.3, 0.4) is 0 Å². The fourth-order valence-electron chi connectivity index (χ4n) is 2.39. The van der Waals surface area contributed by atoms with Crippen molar-refractivity contribution in [2.75, 3.05) is 6.54 Å². The molecule has 1 N–H and O–H groups in total. The highest BCUT2D eigenvalue weighted by Crippen LogP contribution is 2.27. The van der Waals surface area contributed by atoms with Crippen molar-refractivity contribution in [3.63, 3.8) is 0 Å². The second kappa shape index (κ2) is 7.73. The molecule has 0 radical (unpaired) electrons. The molecule has 0 saturated heterocycles. The third-order valence-electron chi connectivity index (χ3n) is 3.64. The van der Waals surface area contributed by atoms with Crippen molar-refractivity contribution < 1.29 is 4.79 Å².